The molecule has 0 aliphatic rings. The van der Waals surface area contributed by atoms with E-state index in [0.717, 1.165) is 12.8 Å². The molecule has 0 bridgehead atoms. The van der Waals surface area contributed by atoms with Gasteiger partial charge in [-0.3, -0.25) is 15.0 Å². The minimum atomic E-state index is -1.00. The highest BCUT2D eigenvalue weighted by molar-refractivity contribution is 5.74. The van der Waals surface area contributed by atoms with Gasteiger partial charge >= 0.3 is 11.9 Å². The first-order valence-electron chi connectivity index (χ1n) is 7.59. The molecule has 22 heavy (non-hydrogen) atoms. The molecule has 0 aromatic carbocycles. The van der Waals surface area contributed by atoms with Crippen molar-refractivity contribution in [1.82, 2.24) is 5.32 Å². The quantitative estimate of drug-likeness (QED) is 0.189. The summed E-state index contributed by atoms with van der Waals surface area (Å²) in [5.74, 6) is -1.78. The summed E-state index contributed by atoms with van der Waals surface area (Å²) in [6.45, 7) is 2.63. The zero-order valence-electron chi connectivity index (χ0n) is 13.3. The lowest BCUT2D eigenvalue weighted by Gasteiger charge is -2.06. The molecule has 0 aliphatic carbocycles. The second-order valence-corrected chi connectivity index (χ2v) is 4.99. The molecule has 0 rings (SSSR count). The summed E-state index contributed by atoms with van der Waals surface area (Å²) in [6.07, 6.45) is 6.86. The number of aliphatic carboxylic acids is 2. The lowest BCUT2D eigenvalue weighted by atomic mass is 10.1. The number of unbranched alkanes of at least 4 members (excludes halogenated alkanes) is 4. The molecule has 8 heteroatoms. The summed E-state index contributed by atoms with van der Waals surface area (Å²) < 4.78 is 0. The molecule has 0 amide bonds. The molecule has 0 aliphatic heterocycles. The molecule has 0 heterocycles. The van der Waals surface area contributed by atoms with Gasteiger partial charge in [-0.1, -0.05) is 32.6 Å². The fourth-order valence-corrected chi connectivity index (χ4v) is 1.55. The van der Waals surface area contributed by atoms with Gasteiger partial charge in [-0.05, 0) is 19.3 Å². The van der Waals surface area contributed by atoms with Gasteiger partial charge < -0.3 is 27.0 Å². The monoisotopic (exact) mass is 318 g/mol. The number of hydrogen-bond donors (Lipinski definition) is 6. The van der Waals surface area contributed by atoms with Crippen LogP contribution in [0.1, 0.15) is 58.3 Å². The number of guanidine groups is 1. The largest absolute Gasteiger partial charge is 0.481 e. The van der Waals surface area contributed by atoms with Gasteiger partial charge in [0.25, 0.3) is 0 Å². The minimum Gasteiger partial charge on any atom is -0.481 e. The lowest BCUT2D eigenvalue weighted by Crippen LogP contribution is -2.34. The van der Waals surface area contributed by atoms with Crippen LogP contribution in [0.2, 0.25) is 0 Å². The first-order valence-corrected chi connectivity index (χ1v) is 7.59. The Morgan fingerprint density at radius 1 is 1.14 bits per heavy atom. The fourth-order valence-electron chi connectivity index (χ4n) is 1.55. The van der Waals surface area contributed by atoms with Gasteiger partial charge in [0.1, 0.15) is 6.04 Å². The van der Waals surface area contributed by atoms with Crippen LogP contribution in [0.4, 0.5) is 0 Å². The van der Waals surface area contributed by atoms with Crippen molar-refractivity contribution in [1.29, 1.82) is 5.41 Å². The Hall–Kier alpha value is -1.83. The summed E-state index contributed by atoms with van der Waals surface area (Å²) >= 11 is 0. The Balaban J connectivity index is 0. The highest BCUT2D eigenvalue weighted by Gasteiger charge is 2.09. The van der Waals surface area contributed by atoms with Crippen LogP contribution in [0.25, 0.3) is 0 Å². The van der Waals surface area contributed by atoms with Gasteiger partial charge in [0.2, 0.25) is 0 Å². The molecule has 0 spiro atoms. The fraction of sp³-hybridized carbons (Fsp3) is 0.786. The predicted octanol–water partition coefficient (Wildman–Crippen LogP) is 1.09. The topological polar surface area (TPSA) is 163 Å². The molecule has 0 saturated heterocycles. The molecular formula is C14H30N4O4. The Bertz CT molecular complexity index is 324. The zero-order chi connectivity index (χ0) is 17.4. The van der Waals surface area contributed by atoms with E-state index in [2.05, 4.69) is 12.2 Å². The number of nitrogens with two attached hydrogens (primary N) is 2. The van der Waals surface area contributed by atoms with Crippen LogP contribution in [-0.4, -0.2) is 40.7 Å². The molecule has 0 aromatic rings. The summed E-state index contributed by atoms with van der Waals surface area (Å²) in [7, 11) is 0. The Morgan fingerprint density at radius 3 is 2.18 bits per heavy atom. The molecule has 0 aromatic heterocycles. The molecular weight excluding hydrogens is 288 g/mol. The van der Waals surface area contributed by atoms with E-state index in [0.29, 0.717) is 25.8 Å². The van der Waals surface area contributed by atoms with E-state index in [1.165, 1.54) is 19.3 Å². The highest BCUT2D eigenvalue weighted by atomic mass is 16.4. The van der Waals surface area contributed by atoms with Gasteiger partial charge in [0.15, 0.2) is 5.96 Å². The summed E-state index contributed by atoms with van der Waals surface area (Å²) in [4.78, 5) is 20.2. The molecule has 0 unspecified atom stereocenters. The van der Waals surface area contributed by atoms with Crippen molar-refractivity contribution in [2.75, 3.05) is 6.54 Å². The van der Waals surface area contributed by atoms with E-state index < -0.39 is 18.0 Å². The summed E-state index contributed by atoms with van der Waals surface area (Å²) in [5, 5.41) is 26.0. The Kier molecular flexibility index (Phi) is 15.9. The summed E-state index contributed by atoms with van der Waals surface area (Å²) in [5.41, 5.74) is 10.2. The molecule has 8 nitrogen and oxygen atoms in total. The van der Waals surface area contributed by atoms with Crippen molar-refractivity contribution in [3.63, 3.8) is 0 Å². The standard InChI is InChI=1S/C8H16O2.C6H14N4O2/c1-2-3-4-5-6-7-8(9)10;7-4(5(11)12)2-1-3-10-6(8)9/h2-7H2,1H3,(H,9,10);4H,1-3,7H2,(H,11,12)(H4,8,9,10)/t;4-/m.0/s1. The van der Waals surface area contributed by atoms with Crippen LogP contribution in [0.5, 0.6) is 0 Å². The first kappa shape index (κ1) is 22.5. The number of carboxylic acids is 2. The van der Waals surface area contributed by atoms with Crippen LogP contribution >= 0.6 is 0 Å². The normalized spacial score (nSPS) is 11.0. The Morgan fingerprint density at radius 2 is 1.73 bits per heavy atom. The van der Waals surface area contributed by atoms with Crippen molar-refractivity contribution < 1.29 is 19.8 Å². The second-order valence-electron chi connectivity index (χ2n) is 4.99. The van der Waals surface area contributed by atoms with Gasteiger partial charge in [0.05, 0.1) is 0 Å². The van der Waals surface area contributed by atoms with E-state index >= 15 is 0 Å². The smallest absolute Gasteiger partial charge is 0.320 e. The zero-order valence-corrected chi connectivity index (χ0v) is 13.3. The number of carboxylic acid groups (broad SMARTS) is 2. The number of hydrogen-bond acceptors (Lipinski definition) is 4. The predicted molar refractivity (Wildman–Crippen MR) is 85.8 cm³/mol. The summed E-state index contributed by atoms with van der Waals surface area (Å²) in [6, 6.07) is -0.821. The van der Waals surface area contributed by atoms with Crippen molar-refractivity contribution >= 4 is 17.9 Å². The van der Waals surface area contributed by atoms with E-state index in [-0.39, 0.29) is 5.96 Å². The maximum Gasteiger partial charge on any atom is 0.320 e. The van der Waals surface area contributed by atoms with E-state index in [1.54, 1.807) is 0 Å². The molecule has 8 N–H and O–H groups in total. The lowest BCUT2D eigenvalue weighted by molar-refractivity contribution is -0.139. The average molecular weight is 318 g/mol. The second kappa shape index (κ2) is 15.6. The minimum absolute atomic E-state index is 0.112. The van der Waals surface area contributed by atoms with Gasteiger partial charge in [0, 0.05) is 13.0 Å². The van der Waals surface area contributed by atoms with Crippen LogP contribution in [-0.2, 0) is 9.59 Å². The third-order valence-corrected chi connectivity index (χ3v) is 2.82. The molecule has 0 fully saturated rings. The van der Waals surface area contributed by atoms with E-state index in [9.17, 15) is 9.59 Å². The average Bonchev–Trinajstić information content (AvgIpc) is 2.43. The number of carbonyl (C=O) groups is 2. The van der Waals surface area contributed by atoms with Crippen molar-refractivity contribution in [2.24, 2.45) is 11.5 Å². The maximum absolute atomic E-state index is 10.2. The first-order chi connectivity index (χ1) is 10.3. The van der Waals surface area contributed by atoms with E-state index in [4.69, 9.17) is 27.1 Å². The van der Waals surface area contributed by atoms with Crippen molar-refractivity contribution in [3.05, 3.63) is 0 Å². The third-order valence-electron chi connectivity index (χ3n) is 2.82. The van der Waals surface area contributed by atoms with Crippen LogP contribution in [0, 0.1) is 5.41 Å². The molecule has 1 atom stereocenters. The van der Waals surface area contributed by atoms with Crippen LogP contribution in [0.15, 0.2) is 0 Å². The maximum atomic E-state index is 10.2. The Labute approximate surface area is 131 Å². The molecule has 0 saturated carbocycles. The number of rotatable bonds is 11. The SMILES string of the molecule is CCCCCCCC(=O)O.N=C(N)NCCC[C@H](N)C(=O)O. The third kappa shape index (κ3) is 20.5. The molecule has 130 valence electrons. The van der Waals surface area contributed by atoms with Gasteiger partial charge in [-0.2, -0.15) is 0 Å². The highest BCUT2D eigenvalue weighted by Crippen LogP contribution is 2.04. The van der Waals surface area contributed by atoms with Crippen LogP contribution < -0.4 is 16.8 Å². The van der Waals surface area contributed by atoms with E-state index in [1.807, 2.05) is 0 Å². The van der Waals surface area contributed by atoms with Crippen LogP contribution in [0.3, 0.4) is 0 Å². The number of nitrogens with one attached hydrogen (secondary N) is 2. The van der Waals surface area contributed by atoms with Gasteiger partial charge in [-0.15, -0.1) is 0 Å². The van der Waals surface area contributed by atoms with Crippen molar-refractivity contribution in [2.45, 2.75) is 64.3 Å². The molecule has 0 radical (unpaired) electrons. The van der Waals surface area contributed by atoms with Gasteiger partial charge in [-0.25, -0.2) is 0 Å². The van der Waals surface area contributed by atoms with Crippen molar-refractivity contribution in [3.8, 4) is 0 Å².